The van der Waals surface area contributed by atoms with E-state index < -0.39 is 54.3 Å². The molecule has 0 saturated carbocycles. The fourth-order valence-electron chi connectivity index (χ4n) is 2.16. The second-order valence-electron chi connectivity index (χ2n) is 5.30. The van der Waals surface area contributed by atoms with Crippen LogP contribution in [0.2, 0.25) is 0 Å². The minimum Gasteiger partial charge on any atom is -0.349 e. The summed E-state index contributed by atoms with van der Waals surface area (Å²) in [6.07, 6.45) is -3.46. The van der Waals surface area contributed by atoms with E-state index in [1.165, 1.54) is 12.3 Å². The van der Waals surface area contributed by atoms with Gasteiger partial charge in [-0.3, -0.25) is 14.1 Å². The molecule has 28 heavy (non-hydrogen) atoms. The number of phosphoric acid groups is 3. The summed E-state index contributed by atoms with van der Waals surface area (Å²) in [5.74, 6) is 0. The van der Waals surface area contributed by atoms with Crippen LogP contribution < -0.4 is 5.69 Å². The Morgan fingerprint density at radius 2 is 1.89 bits per heavy atom. The highest BCUT2D eigenvalue weighted by Gasteiger charge is 2.43. The van der Waals surface area contributed by atoms with Crippen molar-refractivity contribution in [2.24, 2.45) is 0 Å². The molecule has 1 aromatic heterocycles. The third-order valence-corrected chi connectivity index (χ3v) is 7.13. The van der Waals surface area contributed by atoms with Crippen LogP contribution in [-0.2, 0) is 31.6 Å². The van der Waals surface area contributed by atoms with Crippen LogP contribution in [0, 0.1) is 4.64 Å². The molecule has 0 aliphatic carbocycles. The van der Waals surface area contributed by atoms with E-state index >= 15 is 0 Å². The molecule has 5 atom stereocenters. The number of hydrogen-bond donors (Lipinski definition) is 5. The third kappa shape index (κ3) is 7.02. The third-order valence-electron chi connectivity index (χ3n) is 3.09. The monoisotopic (exact) mass is 486 g/mol. The zero-order chi connectivity index (χ0) is 21.3. The summed E-state index contributed by atoms with van der Waals surface area (Å²) in [4.78, 5) is 49.3. The van der Waals surface area contributed by atoms with Gasteiger partial charge in [0, 0.05) is 12.6 Å². The number of nitrogens with zero attached hydrogens (tertiary/aromatic N) is 1. The molecular weight excluding hydrogens is 472 g/mol. The predicted octanol–water partition coefficient (Wildman–Crippen LogP) is 0.875. The van der Waals surface area contributed by atoms with Crippen molar-refractivity contribution in [1.82, 2.24) is 9.55 Å². The molecule has 0 bridgehead atoms. The molecule has 3 unspecified atom stereocenters. The first-order chi connectivity index (χ1) is 12.7. The van der Waals surface area contributed by atoms with E-state index in [1.807, 2.05) is 0 Å². The van der Waals surface area contributed by atoms with Crippen molar-refractivity contribution >= 4 is 35.7 Å². The van der Waals surface area contributed by atoms with Gasteiger partial charge in [-0.1, -0.05) is 12.2 Å². The van der Waals surface area contributed by atoms with Crippen LogP contribution >= 0.6 is 35.7 Å². The van der Waals surface area contributed by atoms with Crippen LogP contribution in [-0.4, -0.2) is 48.0 Å². The van der Waals surface area contributed by atoms with Crippen molar-refractivity contribution in [3.05, 3.63) is 27.4 Å². The van der Waals surface area contributed by atoms with Crippen LogP contribution in [0.5, 0.6) is 0 Å². The van der Waals surface area contributed by atoms with Crippen LogP contribution in [0.15, 0.2) is 17.1 Å². The summed E-state index contributed by atoms with van der Waals surface area (Å²) in [6.45, 7) is -0.821. The fraction of sp³-hybridized carbons (Fsp3) is 0.556. The first kappa shape index (κ1) is 23.7. The fourth-order valence-corrected chi connectivity index (χ4v) is 5.36. The van der Waals surface area contributed by atoms with E-state index in [1.54, 1.807) is 0 Å². The SMILES string of the molecule is O=c1[nH]c(=S)ccn1[C@@H]1O[C@H](COP(=O)(O)OP(=O)(O)OP(=O)(O)O)CC1F. The van der Waals surface area contributed by atoms with Crippen LogP contribution in [0.25, 0.3) is 0 Å². The number of phosphoric ester groups is 1. The van der Waals surface area contributed by atoms with E-state index in [0.29, 0.717) is 0 Å². The van der Waals surface area contributed by atoms with E-state index in [2.05, 4.69) is 18.1 Å². The molecule has 160 valence electrons. The quantitative estimate of drug-likeness (QED) is 0.256. The Morgan fingerprint density at radius 3 is 2.46 bits per heavy atom. The Bertz CT molecular complexity index is 976. The van der Waals surface area contributed by atoms with Gasteiger partial charge in [-0.15, -0.1) is 0 Å². The zero-order valence-corrected chi connectivity index (χ0v) is 16.9. The Hall–Kier alpha value is -0.600. The van der Waals surface area contributed by atoms with E-state index in [0.717, 1.165) is 4.57 Å². The van der Waals surface area contributed by atoms with E-state index in [-0.39, 0.29) is 11.1 Å². The topological polar surface area (TPSA) is 207 Å². The number of aromatic amines is 1. The molecule has 0 spiro atoms. The normalized spacial score (nSPS) is 27.2. The highest BCUT2D eigenvalue weighted by Crippen LogP contribution is 2.66. The summed E-state index contributed by atoms with van der Waals surface area (Å²) in [7, 11) is -16.5. The van der Waals surface area contributed by atoms with Crippen LogP contribution in [0.3, 0.4) is 0 Å². The summed E-state index contributed by atoms with van der Waals surface area (Å²) in [5, 5.41) is 0. The van der Waals surface area contributed by atoms with Gasteiger partial charge in [0.25, 0.3) is 0 Å². The number of nitrogens with one attached hydrogen (secondary N) is 1. The van der Waals surface area contributed by atoms with Gasteiger partial charge >= 0.3 is 29.2 Å². The minimum absolute atomic E-state index is 0.110. The molecule has 5 N–H and O–H groups in total. The zero-order valence-electron chi connectivity index (χ0n) is 13.4. The summed E-state index contributed by atoms with van der Waals surface area (Å²) in [5.41, 5.74) is -0.756. The summed E-state index contributed by atoms with van der Waals surface area (Å²) < 4.78 is 65.1. The molecule has 19 heteroatoms. The first-order valence-electron chi connectivity index (χ1n) is 7.07. The number of halogens is 1. The molecule has 1 aliphatic heterocycles. The molecule has 14 nitrogen and oxygen atoms in total. The maximum absolute atomic E-state index is 14.1. The molecule has 2 heterocycles. The van der Waals surface area contributed by atoms with Crippen LogP contribution in [0.4, 0.5) is 4.39 Å². The smallest absolute Gasteiger partial charge is 0.349 e. The Morgan fingerprint density at radius 1 is 1.25 bits per heavy atom. The second-order valence-corrected chi connectivity index (χ2v) is 10.2. The average Bonchev–Trinajstić information content (AvgIpc) is 2.82. The highest BCUT2D eigenvalue weighted by molar-refractivity contribution is 7.71. The van der Waals surface area contributed by atoms with E-state index in [4.69, 9.17) is 31.6 Å². The molecule has 2 rings (SSSR count). The van der Waals surface area contributed by atoms with Crippen molar-refractivity contribution in [2.45, 2.75) is 24.9 Å². The van der Waals surface area contributed by atoms with Crippen LogP contribution in [0.1, 0.15) is 12.6 Å². The lowest BCUT2D eigenvalue weighted by Crippen LogP contribution is -2.30. The first-order valence-corrected chi connectivity index (χ1v) is 12.0. The van der Waals surface area contributed by atoms with Gasteiger partial charge in [0.05, 0.1) is 12.7 Å². The standard InChI is InChI=1S/C9H14FN2O12P3S/c10-6-3-5(22-8(6)12-2-1-7(28)11-9(12)13)4-21-26(17,18)24-27(19,20)23-25(14,15)16/h1-2,5-6,8H,3-4H2,(H,17,18)(H,19,20)(H,11,13,28)(H2,14,15,16)/t5-,6?,8+/m0/s1. The lowest BCUT2D eigenvalue weighted by atomic mass is 10.2. The van der Waals surface area contributed by atoms with Gasteiger partial charge < -0.3 is 24.3 Å². The second kappa shape index (κ2) is 8.64. The lowest BCUT2D eigenvalue weighted by Gasteiger charge is -2.18. The Balaban J connectivity index is 1.98. The Labute approximate surface area is 160 Å². The maximum atomic E-state index is 14.1. The number of aromatic nitrogens is 2. The van der Waals surface area contributed by atoms with Crippen molar-refractivity contribution in [3.63, 3.8) is 0 Å². The molecule has 1 saturated heterocycles. The number of alkyl halides is 1. The number of rotatable bonds is 8. The van der Waals surface area contributed by atoms with Crippen molar-refractivity contribution in [2.75, 3.05) is 6.61 Å². The van der Waals surface area contributed by atoms with Crippen molar-refractivity contribution in [3.8, 4) is 0 Å². The maximum Gasteiger partial charge on any atom is 0.490 e. The summed E-state index contributed by atoms with van der Waals surface area (Å²) >= 11 is 4.75. The molecule has 0 amide bonds. The lowest BCUT2D eigenvalue weighted by molar-refractivity contribution is -0.0388. The van der Waals surface area contributed by atoms with Gasteiger partial charge in [-0.25, -0.2) is 22.9 Å². The Kier molecular flexibility index (Phi) is 7.31. The number of H-pyrrole nitrogens is 1. The van der Waals surface area contributed by atoms with Gasteiger partial charge in [0.15, 0.2) is 6.23 Å². The van der Waals surface area contributed by atoms with Gasteiger partial charge in [0.1, 0.15) is 10.8 Å². The van der Waals surface area contributed by atoms with E-state index in [9.17, 15) is 27.8 Å². The molecule has 1 aliphatic rings. The van der Waals surface area contributed by atoms with Gasteiger partial charge in [-0.2, -0.15) is 8.62 Å². The molecule has 1 fully saturated rings. The molecular formula is C9H14FN2O12P3S. The molecule has 1 aromatic rings. The van der Waals surface area contributed by atoms with Gasteiger partial charge in [0.2, 0.25) is 0 Å². The average molecular weight is 486 g/mol. The minimum atomic E-state index is -5.66. The largest absolute Gasteiger partial charge is 0.490 e. The highest BCUT2D eigenvalue weighted by atomic mass is 32.1. The molecule has 0 radical (unpaired) electrons. The number of hydrogen-bond acceptors (Lipinski definition) is 9. The summed E-state index contributed by atoms with van der Waals surface area (Å²) in [6, 6.07) is 1.31. The molecule has 0 aromatic carbocycles. The van der Waals surface area contributed by atoms with Crippen molar-refractivity contribution in [1.29, 1.82) is 0 Å². The predicted molar refractivity (Wildman–Crippen MR) is 89.1 cm³/mol. The number of ether oxygens (including phenoxy) is 1. The van der Waals surface area contributed by atoms with Crippen molar-refractivity contribution < 1.29 is 55.5 Å². The van der Waals surface area contributed by atoms with Gasteiger partial charge in [-0.05, 0) is 6.07 Å².